The van der Waals surface area contributed by atoms with Crippen LogP contribution < -0.4 is 0 Å². The molecule has 4 heterocycles. The molecule has 0 bridgehead atoms. The van der Waals surface area contributed by atoms with Gasteiger partial charge in [-0.2, -0.15) is 0 Å². The van der Waals surface area contributed by atoms with E-state index in [9.17, 15) is 4.79 Å². The molecular weight excluding hydrogens is 460 g/mol. The lowest BCUT2D eigenvalue weighted by Gasteiger charge is -2.21. The molecule has 35 heavy (non-hydrogen) atoms. The predicted octanol–water partition coefficient (Wildman–Crippen LogP) is 4.64. The molecule has 0 N–H and O–H groups in total. The van der Waals surface area contributed by atoms with Crippen molar-refractivity contribution in [3.05, 3.63) is 109 Å². The summed E-state index contributed by atoms with van der Waals surface area (Å²) in [6.45, 7) is 0.799. The van der Waals surface area contributed by atoms with Crippen LogP contribution in [0.3, 0.4) is 0 Å². The molecule has 0 atom stereocenters. The highest BCUT2D eigenvalue weighted by atomic mass is 32.2. The fourth-order valence-corrected chi connectivity index (χ4v) is 4.46. The summed E-state index contributed by atoms with van der Waals surface area (Å²) in [6.07, 6.45) is 8.56. The Morgan fingerprint density at radius 1 is 0.886 bits per heavy atom. The zero-order valence-corrected chi connectivity index (χ0v) is 19.6. The van der Waals surface area contributed by atoms with Crippen LogP contribution >= 0.6 is 11.8 Å². The number of benzene rings is 1. The van der Waals surface area contributed by atoms with Crippen molar-refractivity contribution in [2.24, 2.45) is 0 Å². The second kappa shape index (κ2) is 10.8. The van der Waals surface area contributed by atoms with Crippen molar-refractivity contribution in [1.82, 2.24) is 29.6 Å². The highest BCUT2D eigenvalue weighted by Crippen LogP contribution is 2.28. The smallest absolute Gasteiger partial charge is 0.233 e. The Morgan fingerprint density at radius 2 is 1.71 bits per heavy atom. The van der Waals surface area contributed by atoms with Gasteiger partial charge in [-0.3, -0.25) is 19.3 Å². The van der Waals surface area contributed by atoms with Crippen molar-refractivity contribution < 1.29 is 9.21 Å². The number of aromatic nitrogens is 5. The maximum absolute atomic E-state index is 13.3. The van der Waals surface area contributed by atoms with E-state index >= 15 is 0 Å². The normalized spacial score (nSPS) is 10.9. The van der Waals surface area contributed by atoms with Crippen LogP contribution in [-0.4, -0.2) is 41.3 Å². The molecule has 0 aliphatic heterocycles. The highest BCUT2D eigenvalue weighted by molar-refractivity contribution is 7.99. The molecule has 0 aliphatic carbocycles. The maximum atomic E-state index is 13.3. The third kappa shape index (κ3) is 5.47. The molecule has 9 heteroatoms. The van der Waals surface area contributed by atoms with Crippen LogP contribution in [0.2, 0.25) is 0 Å². The molecule has 0 unspecified atom stereocenters. The Morgan fingerprint density at radius 3 is 2.43 bits per heavy atom. The van der Waals surface area contributed by atoms with Gasteiger partial charge in [0.1, 0.15) is 5.76 Å². The number of furan rings is 1. The second-order valence-corrected chi connectivity index (χ2v) is 8.64. The van der Waals surface area contributed by atoms with Gasteiger partial charge in [-0.05, 0) is 48.0 Å². The Bertz CT molecular complexity index is 1360. The monoisotopic (exact) mass is 482 g/mol. The van der Waals surface area contributed by atoms with E-state index in [-0.39, 0.29) is 11.7 Å². The Balaban J connectivity index is 1.39. The first kappa shape index (κ1) is 22.5. The van der Waals surface area contributed by atoms with Crippen molar-refractivity contribution in [2.75, 3.05) is 5.75 Å². The lowest BCUT2D eigenvalue weighted by atomic mass is 10.2. The molecule has 5 aromatic rings. The van der Waals surface area contributed by atoms with Gasteiger partial charge in [-0.1, -0.05) is 36.0 Å². The van der Waals surface area contributed by atoms with Crippen LogP contribution in [0.15, 0.2) is 107 Å². The lowest BCUT2D eigenvalue weighted by Crippen LogP contribution is -2.31. The molecule has 8 nitrogen and oxygen atoms in total. The summed E-state index contributed by atoms with van der Waals surface area (Å²) in [5, 5.41) is 9.45. The third-order valence-electron chi connectivity index (χ3n) is 5.27. The molecule has 0 fully saturated rings. The van der Waals surface area contributed by atoms with Gasteiger partial charge in [0.05, 0.1) is 18.6 Å². The summed E-state index contributed by atoms with van der Waals surface area (Å²) in [4.78, 5) is 23.5. The van der Waals surface area contributed by atoms with Gasteiger partial charge < -0.3 is 9.32 Å². The van der Waals surface area contributed by atoms with Gasteiger partial charge in [-0.25, -0.2) is 0 Å². The fraction of sp³-hybridized carbons (Fsp3) is 0.115. The number of para-hydroxylation sites is 1. The van der Waals surface area contributed by atoms with Gasteiger partial charge in [0.25, 0.3) is 0 Å². The number of amides is 1. The first-order chi connectivity index (χ1) is 17.3. The van der Waals surface area contributed by atoms with Crippen LogP contribution in [0.1, 0.15) is 11.3 Å². The quantitative estimate of drug-likeness (QED) is 0.283. The summed E-state index contributed by atoms with van der Waals surface area (Å²) < 4.78 is 7.45. The van der Waals surface area contributed by atoms with E-state index in [2.05, 4.69) is 20.2 Å². The first-order valence-corrected chi connectivity index (χ1v) is 12.0. The summed E-state index contributed by atoms with van der Waals surface area (Å²) in [5.41, 5.74) is 2.70. The molecular formula is C26H22N6O2S. The van der Waals surface area contributed by atoms with Crippen molar-refractivity contribution >= 4 is 17.7 Å². The molecule has 1 aromatic carbocycles. The summed E-state index contributed by atoms with van der Waals surface area (Å²) >= 11 is 1.35. The van der Waals surface area contributed by atoms with E-state index in [1.165, 1.54) is 11.8 Å². The van der Waals surface area contributed by atoms with Crippen molar-refractivity contribution in [2.45, 2.75) is 18.2 Å². The van der Waals surface area contributed by atoms with Crippen LogP contribution in [-0.2, 0) is 17.9 Å². The summed E-state index contributed by atoms with van der Waals surface area (Å²) in [6, 6.07) is 21.1. The summed E-state index contributed by atoms with van der Waals surface area (Å²) in [7, 11) is 0. The number of hydrogen-bond acceptors (Lipinski definition) is 7. The standard InChI is InChI=1S/C26H22N6O2S/c33-24(31(18-23-11-6-14-34-23)17-20-7-4-12-27-15-20)19-35-26-30-29-25(21-8-5-13-28-16-21)32(26)22-9-2-1-3-10-22/h1-16H,17-19H2. The van der Waals surface area contributed by atoms with Crippen molar-refractivity contribution in [1.29, 1.82) is 0 Å². The minimum absolute atomic E-state index is 0.0409. The van der Waals surface area contributed by atoms with Crippen molar-refractivity contribution in [3.63, 3.8) is 0 Å². The van der Waals surface area contributed by atoms with Crippen LogP contribution in [0.25, 0.3) is 17.1 Å². The molecule has 174 valence electrons. The van der Waals surface area contributed by atoms with Crippen LogP contribution in [0, 0.1) is 0 Å². The maximum Gasteiger partial charge on any atom is 0.233 e. The average molecular weight is 483 g/mol. The summed E-state index contributed by atoms with van der Waals surface area (Å²) in [5.74, 6) is 1.54. The third-order valence-corrected chi connectivity index (χ3v) is 6.18. The van der Waals surface area contributed by atoms with E-state index in [1.54, 1.807) is 36.0 Å². The van der Waals surface area contributed by atoms with E-state index < -0.39 is 0 Å². The minimum atomic E-state index is -0.0409. The van der Waals surface area contributed by atoms with E-state index in [0.717, 1.165) is 22.6 Å². The van der Waals surface area contributed by atoms with E-state index in [0.29, 0.717) is 24.1 Å². The van der Waals surface area contributed by atoms with Gasteiger partial charge in [-0.15, -0.1) is 10.2 Å². The highest BCUT2D eigenvalue weighted by Gasteiger charge is 2.21. The van der Waals surface area contributed by atoms with Gasteiger partial charge in [0, 0.05) is 42.6 Å². The number of thioether (sulfide) groups is 1. The topological polar surface area (TPSA) is 89.9 Å². The lowest BCUT2D eigenvalue weighted by molar-refractivity contribution is -0.129. The average Bonchev–Trinajstić information content (AvgIpc) is 3.58. The van der Waals surface area contributed by atoms with Crippen molar-refractivity contribution in [3.8, 4) is 17.1 Å². The number of carbonyl (C=O) groups excluding carboxylic acids is 1. The molecule has 0 radical (unpaired) electrons. The largest absolute Gasteiger partial charge is 0.467 e. The fourth-order valence-electron chi connectivity index (χ4n) is 3.61. The van der Waals surface area contributed by atoms with Crippen LogP contribution in [0.5, 0.6) is 0 Å². The first-order valence-electron chi connectivity index (χ1n) is 11.0. The second-order valence-electron chi connectivity index (χ2n) is 7.70. The van der Waals surface area contributed by atoms with Crippen LogP contribution in [0.4, 0.5) is 0 Å². The van der Waals surface area contributed by atoms with Gasteiger partial charge in [0.15, 0.2) is 11.0 Å². The zero-order chi connectivity index (χ0) is 23.9. The molecule has 0 saturated carbocycles. The molecule has 5 rings (SSSR count). The molecule has 0 aliphatic rings. The SMILES string of the molecule is O=C(CSc1nnc(-c2cccnc2)n1-c1ccccc1)N(Cc1cccnc1)Cc1ccco1. The number of rotatable bonds is 9. The Labute approximate surface area is 206 Å². The number of nitrogens with zero attached hydrogens (tertiary/aromatic N) is 6. The molecule has 0 spiro atoms. The number of carbonyl (C=O) groups is 1. The molecule has 0 saturated heterocycles. The predicted molar refractivity (Wildman–Crippen MR) is 133 cm³/mol. The Kier molecular flexibility index (Phi) is 6.95. The van der Waals surface area contributed by atoms with E-state index in [1.807, 2.05) is 71.3 Å². The Hall–Kier alpha value is -4.24. The van der Waals surface area contributed by atoms with Gasteiger partial charge in [0.2, 0.25) is 5.91 Å². The minimum Gasteiger partial charge on any atom is -0.467 e. The number of hydrogen-bond donors (Lipinski definition) is 0. The zero-order valence-electron chi connectivity index (χ0n) is 18.8. The number of pyridine rings is 2. The molecule has 4 aromatic heterocycles. The van der Waals surface area contributed by atoms with E-state index in [4.69, 9.17) is 4.42 Å². The van der Waals surface area contributed by atoms with Gasteiger partial charge >= 0.3 is 0 Å². The molecule has 1 amide bonds.